The summed E-state index contributed by atoms with van der Waals surface area (Å²) >= 11 is 0. The van der Waals surface area contributed by atoms with Crippen LogP contribution in [-0.4, -0.2) is 16.9 Å². The van der Waals surface area contributed by atoms with Crippen molar-refractivity contribution in [3.63, 3.8) is 0 Å². The maximum absolute atomic E-state index is 11.9. The number of carbonyl (C=O) groups is 1. The molecule has 0 saturated heterocycles. The Labute approximate surface area is 86.1 Å². The molecule has 0 aliphatic heterocycles. The van der Waals surface area contributed by atoms with Gasteiger partial charge in [0, 0.05) is 18.0 Å². The van der Waals surface area contributed by atoms with Gasteiger partial charge in [-0.05, 0) is 18.6 Å². The Bertz CT molecular complexity index is 334. The molecule has 2 nitrogen and oxygen atoms in total. The Morgan fingerprint density at radius 2 is 1.80 bits per heavy atom. The summed E-state index contributed by atoms with van der Waals surface area (Å²) in [5.41, 5.74) is 0.0996. The summed E-state index contributed by atoms with van der Waals surface area (Å²) in [6.07, 6.45) is -2.54. The number of Topliss-reactive ketones (excluding diaryl/α,β-unsaturated/α-hetero) is 1. The summed E-state index contributed by atoms with van der Waals surface area (Å²) in [6, 6.07) is 1.16. The quantitative estimate of drug-likeness (QED) is 0.679. The number of hydrogen-bond donors (Lipinski definition) is 0. The van der Waals surface area contributed by atoms with Gasteiger partial charge >= 0.3 is 6.18 Å². The topological polar surface area (TPSA) is 30.0 Å². The summed E-state index contributed by atoms with van der Waals surface area (Å²) in [4.78, 5) is 14.2. The van der Waals surface area contributed by atoms with E-state index < -0.39 is 17.5 Å². The van der Waals surface area contributed by atoms with Crippen LogP contribution in [0.5, 0.6) is 0 Å². The van der Waals surface area contributed by atoms with E-state index in [-0.39, 0.29) is 0 Å². The lowest BCUT2D eigenvalue weighted by atomic mass is 10.1. The van der Waals surface area contributed by atoms with Gasteiger partial charge in [0.15, 0.2) is 0 Å². The van der Waals surface area contributed by atoms with Gasteiger partial charge in [0.05, 0.1) is 0 Å². The Morgan fingerprint density at radius 1 is 1.27 bits per heavy atom. The lowest BCUT2D eigenvalue weighted by Gasteiger charge is -2.04. The van der Waals surface area contributed by atoms with Crippen molar-refractivity contribution in [2.24, 2.45) is 0 Å². The minimum absolute atomic E-state index is 0.424. The molecule has 5 heteroatoms. The van der Waals surface area contributed by atoms with Crippen LogP contribution in [0, 0.1) is 6.92 Å². The molecular formula is C10H12F3NO. The monoisotopic (exact) mass is 219 g/mol. The van der Waals surface area contributed by atoms with Crippen LogP contribution in [0.1, 0.15) is 29.8 Å². The fraction of sp³-hybridized carbons (Fsp3) is 0.400. The third kappa shape index (κ3) is 4.10. The van der Waals surface area contributed by atoms with Crippen LogP contribution in [0.3, 0.4) is 0 Å². The van der Waals surface area contributed by atoms with Crippen LogP contribution >= 0.6 is 0 Å². The average Bonchev–Trinajstić information content (AvgIpc) is 2.18. The molecule has 1 aromatic heterocycles. The summed E-state index contributed by atoms with van der Waals surface area (Å²) < 4.78 is 35.7. The van der Waals surface area contributed by atoms with Gasteiger partial charge in [-0.15, -0.1) is 0 Å². The molecular weight excluding hydrogens is 207 g/mol. The van der Waals surface area contributed by atoms with Gasteiger partial charge in [0.25, 0.3) is 5.78 Å². The number of ketones is 1. The predicted octanol–water partition coefficient (Wildman–Crippen LogP) is 3.16. The Morgan fingerprint density at radius 3 is 2.20 bits per heavy atom. The molecule has 0 unspecified atom stereocenters. The lowest BCUT2D eigenvalue weighted by Crippen LogP contribution is -2.22. The van der Waals surface area contributed by atoms with Gasteiger partial charge in [-0.2, -0.15) is 13.2 Å². The van der Waals surface area contributed by atoms with Crippen molar-refractivity contribution in [1.82, 2.24) is 4.98 Å². The molecule has 0 aliphatic rings. The van der Waals surface area contributed by atoms with E-state index in [1.165, 1.54) is 6.20 Å². The second kappa shape index (κ2) is 5.48. The van der Waals surface area contributed by atoms with E-state index in [2.05, 4.69) is 4.98 Å². The molecule has 0 aromatic carbocycles. The van der Waals surface area contributed by atoms with Crippen molar-refractivity contribution in [2.75, 3.05) is 0 Å². The number of carbonyl (C=O) groups excluding carboxylic acids is 1. The van der Waals surface area contributed by atoms with Crippen LogP contribution in [0.25, 0.3) is 0 Å². The maximum atomic E-state index is 11.9. The third-order valence-electron chi connectivity index (χ3n) is 1.39. The first-order chi connectivity index (χ1) is 6.91. The molecule has 1 heterocycles. The summed E-state index contributed by atoms with van der Waals surface area (Å²) in [6.45, 7) is 5.57. The zero-order valence-corrected chi connectivity index (χ0v) is 8.72. The molecule has 84 valence electrons. The zero-order chi connectivity index (χ0) is 12.1. The van der Waals surface area contributed by atoms with Crippen molar-refractivity contribution < 1.29 is 18.0 Å². The van der Waals surface area contributed by atoms with Crippen molar-refractivity contribution in [2.45, 2.75) is 26.9 Å². The van der Waals surface area contributed by atoms with E-state index in [9.17, 15) is 18.0 Å². The van der Waals surface area contributed by atoms with Gasteiger partial charge in [-0.25, -0.2) is 0 Å². The summed E-state index contributed by atoms with van der Waals surface area (Å²) in [7, 11) is 0. The highest BCUT2D eigenvalue weighted by atomic mass is 19.4. The van der Waals surface area contributed by atoms with Gasteiger partial charge in [-0.1, -0.05) is 13.8 Å². The number of alkyl halides is 3. The first-order valence-electron chi connectivity index (χ1n) is 4.44. The molecule has 0 saturated carbocycles. The zero-order valence-electron chi connectivity index (χ0n) is 8.72. The van der Waals surface area contributed by atoms with Crippen molar-refractivity contribution in [3.05, 3.63) is 29.6 Å². The molecule has 1 aromatic rings. The molecule has 0 spiro atoms. The molecule has 0 amide bonds. The van der Waals surface area contributed by atoms with Crippen LogP contribution in [0.15, 0.2) is 18.5 Å². The number of aromatic nitrogens is 1. The smallest absolute Gasteiger partial charge is 0.284 e. The van der Waals surface area contributed by atoms with Gasteiger partial charge < -0.3 is 0 Å². The largest absolute Gasteiger partial charge is 0.454 e. The highest BCUT2D eigenvalue weighted by Gasteiger charge is 2.39. The van der Waals surface area contributed by atoms with Crippen LogP contribution in [0.4, 0.5) is 13.2 Å². The fourth-order valence-corrected chi connectivity index (χ4v) is 0.843. The van der Waals surface area contributed by atoms with Gasteiger partial charge in [0.2, 0.25) is 0 Å². The second-order valence-electron chi connectivity index (χ2n) is 2.58. The SMILES string of the molecule is CC.Cc1cncc(C(=O)C(F)(F)F)c1. The summed E-state index contributed by atoms with van der Waals surface area (Å²) in [5, 5.41) is 0. The Kier molecular flexibility index (Phi) is 4.97. The van der Waals surface area contributed by atoms with E-state index >= 15 is 0 Å². The second-order valence-corrected chi connectivity index (χ2v) is 2.58. The first-order valence-corrected chi connectivity index (χ1v) is 4.44. The normalized spacial score (nSPS) is 10.3. The molecule has 0 aliphatic carbocycles. The maximum Gasteiger partial charge on any atom is 0.454 e. The van der Waals surface area contributed by atoms with E-state index in [1.807, 2.05) is 13.8 Å². The predicted molar refractivity (Wildman–Crippen MR) is 50.7 cm³/mol. The highest BCUT2D eigenvalue weighted by Crippen LogP contribution is 2.21. The van der Waals surface area contributed by atoms with Gasteiger partial charge in [0.1, 0.15) is 0 Å². The highest BCUT2D eigenvalue weighted by molar-refractivity contribution is 6.00. The molecule has 0 fully saturated rings. The number of pyridine rings is 1. The Hall–Kier alpha value is -1.39. The summed E-state index contributed by atoms with van der Waals surface area (Å²) in [5.74, 6) is -1.86. The molecule has 15 heavy (non-hydrogen) atoms. The van der Waals surface area contributed by atoms with Crippen LogP contribution in [-0.2, 0) is 0 Å². The van der Waals surface area contributed by atoms with Crippen molar-refractivity contribution in [1.29, 1.82) is 0 Å². The lowest BCUT2D eigenvalue weighted by molar-refractivity contribution is -0.0885. The van der Waals surface area contributed by atoms with E-state index in [1.54, 1.807) is 6.92 Å². The molecule has 0 N–H and O–H groups in total. The molecule has 0 radical (unpaired) electrons. The van der Waals surface area contributed by atoms with E-state index in [4.69, 9.17) is 0 Å². The minimum atomic E-state index is -4.82. The molecule has 1 rings (SSSR count). The number of nitrogens with zero attached hydrogens (tertiary/aromatic N) is 1. The van der Waals surface area contributed by atoms with Gasteiger partial charge in [-0.3, -0.25) is 9.78 Å². The fourth-order valence-electron chi connectivity index (χ4n) is 0.843. The minimum Gasteiger partial charge on any atom is -0.284 e. The van der Waals surface area contributed by atoms with Crippen molar-refractivity contribution >= 4 is 5.78 Å². The van der Waals surface area contributed by atoms with Crippen LogP contribution in [0.2, 0.25) is 0 Å². The Balaban J connectivity index is 0.000000921. The first kappa shape index (κ1) is 13.6. The number of aryl methyl sites for hydroxylation is 1. The molecule has 0 bridgehead atoms. The van der Waals surface area contributed by atoms with Crippen molar-refractivity contribution in [3.8, 4) is 0 Å². The van der Waals surface area contributed by atoms with E-state index in [0.717, 1.165) is 12.3 Å². The number of hydrogen-bond acceptors (Lipinski definition) is 2. The molecule has 0 atom stereocenters. The average molecular weight is 219 g/mol. The standard InChI is InChI=1S/C8H6F3NO.C2H6/c1-5-2-6(4-12-3-5)7(13)8(9,10)11;1-2/h2-4H,1H3;1-2H3. The van der Waals surface area contributed by atoms with Crippen LogP contribution < -0.4 is 0 Å². The number of rotatable bonds is 1. The number of halogens is 3. The van der Waals surface area contributed by atoms with E-state index in [0.29, 0.717) is 5.56 Å². The third-order valence-corrected chi connectivity index (χ3v) is 1.39.